The van der Waals surface area contributed by atoms with E-state index in [1.165, 1.54) is 17.7 Å². The monoisotopic (exact) mass is 334 g/mol. The quantitative estimate of drug-likeness (QED) is 0.436. The van der Waals surface area contributed by atoms with E-state index >= 15 is 0 Å². The van der Waals surface area contributed by atoms with Gasteiger partial charge in [-0.1, -0.05) is 55.3 Å². The van der Waals surface area contributed by atoms with Crippen molar-refractivity contribution < 1.29 is 18.0 Å². The lowest BCUT2D eigenvalue weighted by Gasteiger charge is -2.13. The third-order valence-corrected chi connectivity index (χ3v) is 4.08. The molecular weight excluding hydrogens is 313 g/mol. The maximum Gasteiger partial charge on any atom is 0.416 e. The highest BCUT2D eigenvalue weighted by Gasteiger charge is 2.33. The molecule has 2 aromatic rings. The zero-order valence-corrected chi connectivity index (χ0v) is 13.5. The number of aldehydes is 1. The molecule has 0 unspecified atom stereocenters. The van der Waals surface area contributed by atoms with Crippen molar-refractivity contribution in [3.05, 3.63) is 70.8 Å². The molecular formula is C20H21F3O. The molecule has 0 spiro atoms. The van der Waals surface area contributed by atoms with Crippen LogP contribution in [0.5, 0.6) is 0 Å². The van der Waals surface area contributed by atoms with E-state index in [1.807, 2.05) is 18.2 Å². The second kappa shape index (κ2) is 8.67. The van der Waals surface area contributed by atoms with Crippen LogP contribution in [0.15, 0.2) is 48.5 Å². The summed E-state index contributed by atoms with van der Waals surface area (Å²) in [5.41, 5.74) is 0.947. The van der Waals surface area contributed by atoms with Crippen molar-refractivity contribution >= 4 is 6.29 Å². The molecule has 2 aromatic carbocycles. The predicted molar refractivity (Wildman–Crippen MR) is 89.1 cm³/mol. The van der Waals surface area contributed by atoms with E-state index in [0.717, 1.165) is 38.2 Å². The van der Waals surface area contributed by atoms with Gasteiger partial charge in [0, 0.05) is 5.56 Å². The number of unbranched alkanes of at least 4 members (excludes halogenated alkanes) is 3. The topological polar surface area (TPSA) is 17.1 Å². The summed E-state index contributed by atoms with van der Waals surface area (Å²) in [5, 5.41) is 0. The van der Waals surface area contributed by atoms with Gasteiger partial charge in [0.2, 0.25) is 0 Å². The standard InChI is InChI=1S/C20H21F3O/c21-20(22,23)19-14-17(15-24)12-13-18(19)11-7-2-1-4-8-16-9-5-3-6-10-16/h3,5-6,9-10,12-15H,1-2,4,7-8,11H2. The molecule has 4 heteroatoms. The number of alkyl halides is 3. The van der Waals surface area contributed by atoms with E-state index in [4.69, 9.17) is 0 Å². The highest BCUT2D eigenvalue weighted by Crippen LogP contribution is 2.33. The molecule has 0 aliphatic carbocycles. The van der Waals surface area contributed by atoms with E-state index in [-0.39, 0.29) is 11.1 Å². The zero-order valence-electron chi connectivity index (χ0n) is 13.5. The number of hydrogen-bond donors (Lipinski definition) is 0. The SMILES string of the molecule is O=Cc1ccc(CCCCCCc2ccccc2)c(C(F)(F)F)c1. The van der Waals surface area contributed by atoms with E-state index < -0.39 is 11.7 Å². The Hall–Kier alpha value is -2.10. The normalized spacial score (nSPS) is 11.5. The summed E-state index contributed by atoms with van der Waals surface area (Å²) >= 11 is 0. The second-order valence-corrected chi connectivity index (χ2v) is 5.93. The highest BCUT2D eigenvalue weighted by atomic mass is 19.4. The van der Waals surface area contributed by atoms with Crippen molar-refractivity contribution in [3.63, 3.8) is 0 Å². The average Bonchev–Trinajstić information content (AvgIpc) is 2.58. The molecule has 0 aliphatic heterocycles. The molecule has 0 amide bonds. The van der Waals surface area contributed by atoms with Crippen LogP contribution in [0, 0.1) is 0 Å². The lowest BCUT2D eigenvalue weighted by Crippen LogP contribution is -2.10. The molecule has 0 N–H and O–H groups in total. The van der Waals surface area contributed by atoms with Crippen molar-refractivity contribution in [1.29, 1.82) is 0 Å². The van der Waals surface area contributed by atoms with Gasteiger partial charge in [0.05, 0.1) is 5.56 Å². The molecule has 0 aromatic heterocycles. The molecule has 2 rings (SSSR count). The fourth-order valence-electron chi connectivity index (χ4n) is 2.79. The Bertz CT molecular complexity index is 648. The Morgan fingerprint density at radius 1 is 0.833 bits per heavy atom. The molecule has 1 nitrogen and oxygen atoms in total. The maximum absolute atomic E-state index is 13.1. The Balaban J connectivity index is 1.80. The summed E-state index contributed by atoms with van der Waals surface area (Å²) in [6.07, 6.45) is 1.09. The van der Waals surface area contributed by atoms with Crippen LogP contribution in [0.4, 0.5) is 13.2 Å². The van der Waals surface area contributed by atoms with Gasteiger partial charge in [0.15, 0.2) is 0 Å². The Labute approximate surface area is 140 Å². The molecule has 0 fully saturated rings. The second-order valence-electron chi connectivity index (χ2n) is 5.93. The van der Waals surface area contributed by atoms with Gasteiger partial charge in [-0.3, -0.25) is 4.79 Å². The number of hydrogen-bond acceptors (Lipinski definition) is 1. The summed E-state index contributed by atoms with van der Waals surface area (Å²) < 4.78 is 39.2. The predicted octanol–water partition coefficient (Wildman–Crippen LogP) is 5.86. The molecule has 24 heavy (non-hydrogen) atoms. The third-order valence-electron chi connectivity index (χ3n) is 4.08. The van der Waals surface area contributed by atoms with Gasteiger partial charge in [0.25, 0.3) is 0 Å². The first-order valence-corrected chi connectivity index (χ1v) is 8.20. The van der Waals surface area contributed by atoms with Crippen LogP contribution >= 0.6 is 0 Å². The summed E-state index contributed by atoms with van der Waals surface area (Å²) in [4.78, 5) is 10.7. The summed E-state index contributed by atoms with van der Waals surface area (Å²) in [6.45, 7) is 0. The van der Waals surface area contributed by atoms with Crippen molar-refractivity contribution in [2.75, 3.05) is 0 Å². The van der Waals surface area contributed by atoms with Gasteiger partial charge in [-0.05, 0) is 42.9 Å². The third kappa shape index (κ3) is 5.52. The molecule has 0 bridgehead atoms. The van der Waals surface area contributed by atoms with Crippen LogP contribution in [0.3, 0.4) is 0 Å². The maximum atomic E-state index is 13.1. The van der Waals surface area contributed by atoms with Gasteiger partial charge < -0.3 is 0 Å². The highest BCUT2D eigenvalue weighted by molar-refractivity contribution is 5.75. The Kier molecular flexibility index (Phi) is 6.59. The minimum absolute atomic E-state index is 0.0638. The minimum Gasteiger partial charge on any atom is -0.298 e. The smallest absolute Gasteiger partial charge is 0.298 e. The fraction of sp³-hybridized carbons (Fsp3) is 0.350. The van der Waals surface area contributed by atoms with E-state index in [0.29, 0.717) is 12.7 Å². The Morgan fingerprint density at radius 2 is 1.50 bits per heavy atom. The first kappa shape index (κ1) is 18.2. The van der Waals surface area contributed by atoms with Gasteiger partial charge >= 0.3 is 6.18 Å². The van der Waals surface area contributed by atoms with Crippen molar-refractivity contribution in [2.24, 2.45) is 0 Å². The van der Waals surface area contributed by atoms with Crippen LogP contribution in [-0.4, -0.2) is 6.29 Å². The van der Waals surface area contributed by atoms with Crippen LogP contribution in [-0.2, 0) is 19.0 Å². The molecule has 0 aliphatic rings. The van der Waals surface area contributed by atoms with Gasteiger partial charge in [-0.25, -0.2) is 0 Å². The number of benzene rings is 2. The van der Waals surface area contributed by atoms with Crippen LogP contribution in [0.1, 0.15) is 52.7 Å². The molecule has 0 atom stereocenters. The van der Waals surface area contributed by atoms with E-state index in [1.54, 1.807) is 0 Å². The number of halogens is 3. The largest absolute Gasteiger partial charge is 0.416 e. The summed E-state index contributed by atoms with van der Waals surface area (Å²) in [5.74, 6) is 0. The van der Waals surface area contributed by atoms with Gasteiger partial charge in [0.1, 0.15) is 6.29 Å². The van der Waals surface area contributed by atoms with Crippen LogP contribution in [0.2, 0.25) is 0 Å². The van der Waals surface area contributed by atoms with E-state index in [9.17, 15) is 18.0 Å². The zero-order chi connectivity index (χ0) is 17.4. The van der Waals surface area contributed by atoms with Crippen molar-refractivity contribution in [3.8, 4) is 0 Å². The minimum atomic E-state index is -4.42. The average molecular weight is 334 g/mol. The van der Waals surface area contributed by atoms with Crippen molar-refractivity contribution in [1.82, 2.24) is 0 Å². The fourth-order valence-corrected chi connectivity index (χ4v) is 2.79. The number of rotatable bonds is 8. The molecule has 0 saturated carbocycles. The Morgan fingerprint density at radius 3 is 2.12 bits per heavy atom. The van der Waals surface area contributed by atoms with Gasteiger partial charge in [-0.2, -0.15) is 13.2 Å². The molecule has 0 radical (unpaired) electrons. The summed E-state index contributed by atoms with van der Waals surface area (Å²) in [6, 6.07) is 14.0. The van der Waals surface area contributed by atoms with Gasteiger partial charge in [-0.15, -0.1) is 0 Å². The molecule has 0 saturated heterocycles. The molecule has 128 valence electrons. The van der Waals surface area contributed by atoms with E-state index in [2.05, 4.69) is 12.1 Å². The molecule has 0 heterocycles. The number of carbonyl (C=O) groups is 1. The first-order chi connectivity index (χ1) is 11.5. The summed E-state index contributed by atoms with van der Waals surface area (Å²) in [7, 11) is 0. The van der Waals surface area contributed by atoms with Crippen LogP contribution < -0.4 is 0 Å². The number of carbonyl (C=O) groups excluding carboxylic acids is 1. The lowest BCUT2D eigenvalue weighted by atomic mass is 9.98. The van der Waals surface area contributed by atoms with Crippen molar-refractivity contribution in [2.45, 2.75) is 44.7 Å². The lowest BCUT2D eigenvalue weighted by molar-refractivity contribution is -0.138. The number of aryl methyl sites for hydroxylation is 2. The first-order valence-electron chi connectivity index (χ1n) is 8.20. The van der Waals surface area contributed by atoms with Crippen LogP contribution in [0.25, 0.3) is 0 Å².